The molecule has 0 bridgehead atoms. The third kappa shape index (κ3) is 2.50. The molecule has 0 radical (unpaired) electrons. The molecule has 2 fully saturated rings. The molecule has 1 aromatic heterocycles. The minimum Gasteiger partial charge on any atom is -0.392 e. The smallest absolute Gasteiger partial charge is 0.263 e. The molecule has 1 saturated heterocycles. The highest BCUT2D eigenvalue weighted by Crippen LogP contribution is 2.32. The Bertz CT molecular complexity index is 611. The lowest BCUT2D eigenvalue weighted by Crippen LogP contribution is -2.54. The zero-order valence-corrected chi connectivity index (χ0v) is 12.9. The molecule has 1 aromatic rings. The zero-order valence-electron chi connectivity index (χ0n) is 12.1. The second-order valence-electron chi connectivity index (χ2n) is 5.67. The van der Waals surface area contributed by atoms with Gasteiger partial charge in [-0.25, -0.2) is 8.42 Å². The van der Waals surface area contributed by atoms with E-state index < -0.39 is 10.0 Å². The third-order valence-corrected chi connectivity index (χ3v) is 6.33. The van der Waals surface area contributed by atoms with Crippen LogP contribution in [0.2, 0.25) is 0 Å². The van der Waals surface area contributed by atoms with Gasteiger partial charge in [-0.1, -0.05) is 12.8 Å². The fraction of sp³-hybridized carbons (Fsp3) is 0.769. The van der Waals surface area contributed by atoms with Gasteiger partial charge in [0.25, 0.3) is 10.0 Å². The highest BCUT2D eigenvalue weighted by molar-refractivity contribution is 7.89. The molecular weight excluding hydrogens is 294 g/mol. The standard InChI is InChI=1S/C13H21N3O4S/c1-9-10(8-17)13(15-14-9)21(18,19)16-6-7-20-12-5-3-2-4-11(12)16/h11-12,17H,2-8H2,1H3,(H,14,15). The Kier molecular flexibility index (Phi) is 4.04. The van der Waals surface area contributed by atoms with E-state index in [1.807, 2.05) is 0 Å². The van der Waals surface area contributed by atoms with Crippen LogP contribution in [0.3, 0.4) is 0 Å². The van der Waals surface area contributed by atoms with Crippen molar-refractivity contribution in [1.82, 2.24) is 14.5 Å². The normalized spacial score (nSPS) is 27.5. The maximum atomic E-state index is 12.9. The number of aromatic amines is 1. The van der Waals surface area contributed by atoms with Gasteiger partial charge in [0.1, 0.15) is 0 Å². The number of aryl methyl sites for hydroxylation is 1. The van der Waals surface area contributed by atoms with E-state index in [1.165, 1.54) is 4.31 Å². The molecule has 2 atom stereocenters. The first-order valence-corrected chi connectivity index (χ1v) is 8.78. The van der Waals surface area contributed by atoms with Crippen molar-refractivity contribution >= 4 is 10.0 Å². The Morgan fingerprint density at radius 2 is 2.19 bits per heavy atom. The summed E-state index contributed by atoms with van der Waals surface area (Å²) >= 11 is 0. The average Bonchev–Trinajstić information content (AvgIpc) is 2.88. The molecule has 8 heteroatoms. The number of aliphatic hydroxyl groups excluding tert-OH is 1. The summed E-state index contributed by atoms with van der Waals surface area (Å²) in [5.41, 5.74) is 0.943. The molecule has 1 saturated carbocycles. The van der Waals surface area contributed by atoms with Crippen LogP contribution < -0.4 is 0 Å². The second-order valence-corrected chi connectivity index (χ2v) is 7.47. The van der Waals surface area contributed by atoms with Gasteiger partial charge in [-0.3, -0.25) is 5.10 Å². The topological polar surface area (TPSA) is 95.5 Å². The van der Waals surface area contributed by atoms with Gasteiger partial charge in [-0.05, 0) is 19.8 Å². The minimum atomic E-state index is -3.70. The van der Waals surface area contributed by atoms with E-state index in [2.05, 4.69) is 10.2 Å². The van der Waals surface area contributed by atoms with Crippen molar-refractivity contribution in [3.8, 4) is 0 Å². The maximum absolute atomic E-state index is 12.9. The van der Waals surface area contributed by atoms with Crippen LogP contribution in [-0.4, -0.2) is 53.3 Å². The van der Waals surface area contributed by atoms with Crippen molar-refractivity contribution in [3.05, 3.63) is 11.3 Å². The number of aliphatic hydroxyl groups is 1. The molecule has 2 N–H and O–H groups in total. The van der Waals surface area contributed by atoms with Crippen LogP contribution in [0, 0.1) is 6.92 Å². The summed E-state index contributed by atoms with van der Waals surface area (Å²) in [4.78, 5) is 0. The van der Waals surface area contributed by atoms with Crippen LogP contribution >= 0.6 is 0 Å². The molecule has 2 aliphatic rings. The van der Waals surface area contributed by atoms with Gasteiger partial charge >= 0.3 is 0 Å². The highest BCUT2D eigenvalue weighted by Gasteiger charge is 2.42. The van der Waals surface area contributed by atoms with E-state index >= 15 is 0 Å². The fourth-order valence-electron chi connectivity index (χ4n) is 3.30. The molecule has 2 heterocycles. The van der Waals surface area contributed by atoms with E-state index in [1.54, 1.807) is 6.92 Å². The zero-order chi connectivity index (χ0) is 15.0. The third-order valence-electron chi connectivity index (χ3n) is 4.43. The summed E-state index contributed by atoms with van der Waals surface area (Å²) in [6, 6.07) is -0.110. The Balaban J connectivity index is 1.96. The van der Waals surface area contributed by atoms with Crippen molar-refractivity contribution < 1.29 is 18.3 Å². The number of nitrogens with one attached hydrogen (secondary N) is 1. The molecule has 0 amide bonds. The number of hydrogen-bond donors (Lipinski definition) is 2. The average molecular weight is 315 g/mol. The predicted molar refractivity (Wildman–Crippen MR) is 75.1 cm³/mol. The number of hydrogen-bond acceptors (Lipinski definition) is 5. The van der Waals surface area contributed by atoms with E-state index in [-0.39, 0.29) is 23.8 Å². The summed E-state index contributed by atoms with van der Waals surface area (Å²) in [5, 5.41) is 15.9. The monoisotopic (exact) mass is 315 g/mol. The maximum Gasteiger partial charge on any atom is 0.263 e. The first kappa shape index (κ1) is 15.0. The fourth-order valence-corrected chi connectivity index (χ4v) is 5.12. The number of sulfonamides is 1. The molecule has 1 aliphatic carbocycles. The summed E-state index contributed by atoms with van der Waals surface area (Å²) in [5.74, 6) is 0. The quantitative estimate of drug-likeness (QED) is 0.849. The summed E-state index contributed by atoms with van der Waals surface area (Å²) in [6.07, 6.45) is 3.81. The van der Waals surface area contributed by atoms with Crippen molar-refractivity contribution in [2.24, 2.45) is 0 Å². The van der Waals surface area contributed by atoms with Crippen molar-refractivity contribution in [3.63, 3.8) is 0 Å². The number of fused-ring (bicyclic) bond motifs is 1. The summed E-state index contributed by atoms with van der Waals surface area (Å²) in [7, 11) is -3.70. The van der Waals surface area contributed by atoms with Gasteiger partial charge in [-0.15, -0.1) is 0 Å². The number of nitrogens with zero attached hydrogens (tertiary/aromatic N) is 2. The molecule has 118 valence electrons. The highest BCUT2D eigenvalue weighted by atomic mass is 32.2. The molecule has 0 aromatic carbocycles. The van der Waals surface area contributed by atoms with Crippen LogP contribution in [0.25, 0.3) is 0 Å². The van der Waals surface area contributed by atoms with Crippen LogP contribution in [0.5, 0.6) is 0 Å². The van der Waals surface area contributed by atoms with E-state index in [0.717, 1.165) is 25.7 Å². The van der Waals surface area contributed by atoms with Gasteiger partial charge in [0.15, 0.2) is 5.03 Å². The molecule has 3 rings (SSSR count). The van der Waals surface area contributed by atoms with Crippen molar-refractivity contribution in [1.29, 1.82) is 0 Å². The molecular formula is C13H21N3O4S. The Morgan fingerprint density at radius 3 is 2.95 bits per heavy atom. The van der Waals surface area contributed by atoms with Crippen LogP contribution in [0.15, 0.2) is 5.03 Å². The van der Waals surface area contributed by atoms with Gasteiger partial charge in [0.2, 0.25) is 0 Å². The Hall–Kier alpha value is -0.960. The van der Waals surface area contributed by atoms with Crippen LogP contribution in [0.4, 0.5) is 0 Å². The van der Waals surface area contributed by atoms with Gasteiger partial charge < -0.3 is 9.84 Å². The summed E-state index contributed by atoms with van der Waals surface area (Å²) in [6.45, 7) is 2.13. The Morgan fingerprint density at radius 1 is 1.43 bits per heavy atom. The molecule has 2 unspecified atom stereocenters. The van der Waals surface area contributed by atoms with E-state index in [0.29, 0.717) is 24.4 Å². The van der Waals surface area contributed by atoms with E-state index in [9.17, 15) is 13.5 Å². The second kappa shape index (κ2) is 5.68. The summed E-state index contributed by atoms with van der Waals surface area (Å²) < 4.78 is 33.1. The lowest BCUT2D eigenvalue weighted by Gasteiger charge is -2.42. The first-order chi connectivity index (χ1) is 10.1. The number of rotatable bonds is 3. The van der Waals surface area contributed by atoms with Gasteiger partial charge in [0, 0.05) is 17.8 Å². The predicted octanol–water partition coefficient (Wildman–Crippen LogP) is 0.543. The minimum absolute atomic E-state index is 0.0140. The van der Waals surface area contributed by atoms with Crippen molar-refractivity contribution in [2.75, 3.05) is 13.2 Å². The first-order valence-electron chi connectivity index (χ1n) is 7.34. The van der Waals surface area contributed by atoms with Gasteiger partial charge in [0.05, 0.1) is 25.4 Å². The van der Waals surface area contributed by atoms with Crippen molar-refractivity contribution in [2.45, 2.75) is 56.4 Å². The number of ether oxygens (including phenoxy) is 1. The van der Waals surface area contributed by atoms with Crippen LogP contribution in [-0.2, 0) is 21.4 Å². The lowest BCUT2D eigenvalue weighted by molar-refractivity contribution is -0.0587. The Labute approximate surface area is 124 Å². The SMILES string of the molecule is Cc1[nH]nc(S(=O)(=O)N2CCOC3CCCCC32)c1CO. The lowest BCUT2D eigenvalue weighted by atomic mass is 9.91. The number of H-pyrrole nitrogens is 1. The molecule has 7 nitrogen and oxygen atoms in total. The van der Waals surface area contributed by atoms with E-state index in [4.69, 9.17) is 4.74 Å². The van der Waals surface area contributed by atoms with Gasteiger partial charge in [-0.2, -0.15) is 9.40 Å². The molecule has 21 heavy (non-hydrogen) atoms. The molecule has 1 aliphatic heterocycles. The largest absolute Gasteiger partial charge is 0.392 e. The van der Waals surface area contributed by atoms with Crippen LogP contribution in [0.1, 0.15) is 36.9 Å². The number of aromatic nitrogens is 2. The number of morpholine rings is 1. The molecule has 0 spiro atoms.